The molecule has 0 heterocycles. The highest BCUT2D eigenvalue weighted by Gasteiger charge is 1.99. The van der Waals surface area contributed by atoms with Gasteiger partial charge in [0.1, 0.15) is 5.75 Å². The molecule has 0 aliphatic heterocycles. The van der Waals surface area contributed by atoms with Crippen molar-refractivity contribution in [2.45, 2.75) is 0 Å². The number of ether oxygens (including phenoxy) is 1. The van der Waals surface area contributed by atoms with Crippen molar-refractivity contribution in [2.24, 2.45) is 0 Å². The van der Waals surface area contributed by atoms with Crippen molar-refractivity contribution in [1.82, 2.24) is 0 Å². The fraction of sp³-hybridized carbons (Fsp3) is 0. The second-order valence-corrected chi connectivity index (χ2v) is 4.86. The van der Waals surface area contributed by atoms with E-state index >= 15 is 0 Å². The van der Waals surface area contributed by atoms with Crippen LogP contribution in [0.1, 0.15) is 5.56 Å². The van der Waals surface area contributed by atoms with E-state index in [9.17, 15) is 4.79 Å². The zero-order valence-corrected chi connectivity index (χ0v) is 11.7. The highest BCUT2D eigenvalue weighted by atomic mass is 127. The van der Waals surface area contributed by atoms with E-state index in [1.807, 2.05) is 42.5 Å². The van der Waals surface area contributed by atoms with Gasteiger partial charge in [0.25, 0.3) is 0 Å². The molecule has 0 saturated heterocycles. The third-order valence-electron chi connectivity index (χ3n) is 2.24. The zero-order chi connectivity index (χ0) is 12.8. The molecule has 90 valence electrons. The average molecular weight is 350 g/mol. The van der Waals surface area contributed by atoms with Crippen LogP contribution in [0.3, 0.4) is 0 Å². The van der Waals surface area contributed by atoms with Crippen molar-refractivity contribution in [1.29, 1.82) is 0 Å². The van der Waals surface area contributed by atoms with Crippen molar-refractivity contribution >= 4 is 34.6 Å². The predicted molar refractivity (Wildman–Crippen MR) is 80.3 cm³/mol. The van der Waals surface area contributed by atoms with Gasteiger partial charge in [0.2, 0.25) is 0 Å². The molecule has 0 aromatic heterocycles. The summed E-state index contributed by atoms with van der Waals surface area (Å²) in [5.41, 5.74) is 0.970. The maximum absolute atomic E-state index is 11.6. The van der Waals surface area contributed by atoms with Crippen LogP contribution in [-0.4, -0.2) is 5.97 Å². The summed E-state index contributed by atoms with van der Waals surface area (Å²) < 4.78 is 6.27. The van der Waals surface area contributed by atoms with Crippen LogP contribution in [0.4, 0.5) is 0 Å². The van der Waals surface area contributed by atoms with Crippen molar-refractivity contribution in [3.8, 4) is 5.75 Å². The molecule has 0 saturated carbocycles. The summed E-state index contributed by atoms with van der Waals surface area (Å²) >= 11 is 2.20. The summed E-state index contributed by atoms with van der Waals surface area (Å²) in [6.07, 6.45) is 3.16. The van der Waals surface area contributed by atoms with Gasteiger partial charge in [0.05, 0.1) is 0 Å². The Morgan fingerprint density at radius 2 is 1.67 bits per heavy atom. The minimum Gasteiger partial charge on any atom is -0.423 e. The highest BCUT2D eigenvalue weighted by Crippen LogP contribution is 2.13. The smallest absolute Gasteiger partial charge is 0.336 e. The zero-order valence-electron chi connectivity index (χ0n) is 9.55. The summed E-state index contributed by atoms with van der Waals surface area (Å²) in [4.78, 5) is 11.6. The third-order valence-corrected chi connectivity index (χ3v) is 2.96. The van der Waals surface area contributed by atoms with Crippen LogP contribution in [0.2, 0.25) is 0 Å². The van der Waals surface area contributed by atoms with E-state index in [-0.39, 0.29) is 5.97 Å². The minimum atomic E-state index is -0.375. The molecule has 0 atom stereocenters. The van der Waals surface area contributed by atoms with Crippen molar-refractivity contribution in [3.63, 3.8) is 0 Å². The lowest BCUT2D eigenvalue weighted by Gasteiger charge is -2.00. The fourth-order valence-electron chi connectivity index (χ4n) is 1.38. The van der Waals surface area contributed by atoms with Gasteiger partial charge < -0.3 is 4.74 Å². The SMILES string of the molecule is O=C(/C=C/c1ccccc1)Oc1ccc(I)cc1. The summed E-state index contributed by atoms with van der Waals surface area (Å²) in [5.74, 6) is 0.179. The van der Waals surface area contributed by atoms with Crippen molar-refractivity contribution in [3.05, 3.63) is 69.8 Å². The Labute approximate surface area is 119 Å². The van der Waals surface area contributed by atoms with Gasteiger partial charge in [0, 0.05) is 9.65 Å². The molecule has 0 bridgehead atoms. The number of rotatable bonds is 3. The lowest BCUT2D eigenvalue weighted by Crippen LogP contribution is -2.03. The summed E-state index contributed by atoms with van der Waals surface area (Å²) in [6.45, 7) is 0. The monoisotopic (exact) mass is 350 g/mol. The van der Waals surface area contributed by atoms with E-state index in [1.165, 1.54) is 6.08 Å². The van der Waals surface area contributed by atoms with Crippen LogP contribution >= 0.6 is 22.6 Å². The number of hydrogen-bond acceptors (Lipinski definition) is 2. The van der Waals surface area contributed by atoms with Gasteiger partial charge in [-0.3, -0.25) is 0 Å². The molecule has 2 nitrogen and oxygen atoms in total. The highest BCUT2D eigenvalue weighted by molar-refractivity contribution is 14.1. The maximum Gasteiger partial charge on any atom is 0.336 e. The van der Waals surface area contributed by atoms with Crippen LogP contribution in [0.15, 0.2) is 60.7 Å². The number of carbonyl (C=O) groups excluding carboxylic acids is 1. The first-order chi connectivity index (χ1) is 8.74. The minimum absolute atomic E-state index is 0.375. The van der Waals surface area contributed by atoms with Gasteiger partial charge >= 0.3 is 5.97 Å². The fourth-order valence-corrected chi connectivity index (χ4v) is 1.74. The van der Waals surface area contributed by atoms with Gasteiger partial charge in [-0.25, -0.2) is 4.79 Å². The Hall–Kier alpha value is -1.62. The van der Waals surface area contributed by atoms with Crippen LogP contribution < -0.4 is 4.74 Å². The third kappa shape index (κ3) is 4.00. The van der Waals surface area contributed by atoms with Crippen LogP contribution in [-0.2, 0) is 4.79 Å². The second-order valence-electron chi connectivity index (χ2n) is 3.62. The number of halogens is 1. The van der Waals surface area contributed by atoms with E-state index in [4.69, 9.17) is 4.74 Å². The molecule has 0 aliphatic rings. The van der Waals surface area contributed by atoms with Gasteiger partial charge in [-0.1, -0.05) is 30.3 Å². The summed E-state index contributed by atoms with van der Waals surface area (Å²) in [6, 6.07) is 17.0. The molecular weight excluding hydrogens is 339 g/mol. The molecule has 2 rings (SSSR count). The van der Waals surface area contributed by atoms with E-state index in [0.29, 0.717) is 5.75 Å². The first-order valence-corrected chi connectivity index (χ1v) is 6.52. The number of esters is 1. The Bertz CT molecular complexity index is 544. The largest absolute Gasteiger partial charge is 0.423 e. The van der Waals surface area contributed by atoms with Crippen LogP contribution in [0.5, 0.6) is 5.75 Å². The van der Waals surface area contributed by atoms with Crippen LogP contribution in [0.25, 0.3) is 6.08 Å². The molecule has 0 fully saturated rings. The topological polar surface area (TPSA) is 26.3 Å². The Balaban J connectivity index is 1.97. The van der Waals surface area contributed by atoms with Gasteiger partial charge in [-0.05, 0) is 58.5 Å². The summed E-state index contributed by atoms with van der Waals surface area (Å²) in [7, 11) is 0. The Morgan fingerprint density at radius 1 is 1.00 bits per heavy atom. The summed E-state index contributed by atoms with van der Waals surface area (Å²) in [5, 5.41) is 0. The molecule has 2 aromatic rings. The molecule has 0 spiro atoms. The van der Waals surface area contributed by atoms with Crippen molar-refractivity contribution in [2.75, 3.05) is 0 Å². The van der Waals surface area contributed by atoms with Gasteiger partial charge in [-0.2, -0.15) is 0 Å². The predicted octanol–water partition coefficient (Wildman–Crippen LogP) is 3.91. The Kier molecular flexibility index (Phi) is 4.52. The number of hydrogen-bond donors (Lipinski definition) is 0. The Morgan fingerprint density at radius 3 is 2.33 bits per heavy atom. The molecule has 0 unspecified atom stereocenters. The van der Waals surface area contributed by atoms with Gasteiger partial charge in [-0.15, -0.1) is 0 Å². The number of carbonyl (C=O) groups is 1. The van der Waals surface area contributed by atoms with E-state index in [2.05, 4.69) is 22.6 Å². The maximum atomic E-state index is 11.6. The molecule has 0 aliphatic carbocycles. The van der Waals surface area contributed by atoms with Crippen LogP contribution in [0, 0.1) is 3.57 Å². The molecule has 18 heavy (non-hydrogen) atoms. The first kappa shape index (κ1) is 12.8. The lowest BCUT2D eigenvalue weighted by molar-refractivity contribution is -0.128. The average Bonchev–Trinajstić information content (AvgIpc) is 2.40. The molecular formula is C15H11IO2. The molecule has 0 radical (unpaired) electrons. The quantitative estimate of drug-likeness (QED) is 0.363. The van der Waals surface area contributed by atoms with E-state index in [0.717, 1.165) is 9.13 Å². The van der Waals surface area contributed by atoms with E-state index in [1.54, 1.807) is 18.2 Å². The lowest BCUT2D eigenvalue weighted by atomic mass is 10.2. The van der Waals surface area contributed by atoms with Crippen molar-refractivity contribution < 1.29 is 9.53 Å². The molecule has 2 aromatic carbocycles. The molecule has 0 amide bonds. The number of benzene rings is 2. The normalized spacial score (nSPS) is 10.5. The van der Waals surface area contributed by atoms with E-state index < -0.39 is 0 Å². The molecule has 3 heteroatoms. The van der Waals surface area contributed by atoms with Gasteiger partial charge in [0.15, 0.2) is 0 Å². The second kappa shape index (κ2) is 6.35. The first-order valence-electron chi connectivity index (χ1n) is 5.44. The molecule has 0 N–H and O–H groups in total. The standard InChI is InChI=1S/C15H11IO2/c16-13-7-9-14(10-8-13)18-15(17)11-6-12-4-2-1-3-5-12/h1-11H/b11-6+.